The van der Waals surface area contributed by atoms with Crippen LogP contribution in [-0.2, 0) is 18.3 Å². The second kappa shape index (κ2) is 6.90. The molecule has 0 aliphatic carbocycles. The molecule has 2 aromatic heterocycles. The van der Waals surface area contributed by atoms with Crippen molar-refractivity contribution in [2.24, 2.45) is 7.05 Å². The Labute approximate surface area is 178 Å². The van der Waals surface area contributed by atoms with E-state index < -0.39 is 0 Å². The van der Waals surface area contributed by atoms with Gasteiger partial charge in [-0.3, -0.25) is 24.0 Å². The first-order chi connectivity index (χ1) is 14.9. The molecule has 158 valence electrons. The van der Waals surface area contributed by atoms with Crippen LogP contribution < -0.4 is 10.5 Å². The zero-order valence-electron chi connectivity index (χ0n) is 17.4. The summed E-state index contributed by atoms with van der Waals surface area (Å²) in [6, 6.07) is 3.86. The van der Waals surface area contributed by atoms with Crippen molar-refractivity contribution in [1.82, 2.24) is 24.6 Å². The molecule has 0 saturated carbocycles. The molecule has 31 heavy (non-hydrogen) atoms. The number of nitrogens with zero attached hydrogens (tertiary/aromatic N) is 5. The molecule has 0 radical (unpaired) electrons. The van der Waals surface area contributed by atoms with Gasteiger partial charge in [-0.1, -0.05) is 12.6 Å². The number of nitrogens with one attached hydrogen (secondary N) is 1. The molecule has 1 N–H and O–H groups in total. The zero-order valence-corrected chi connectivity index (χ0v) is 17.4. The zero-order chi connectivity index (χ0) is 21.9. The Morgan fingerprint density at radius 2 is 2.06 bits per heavy atom. The molecule has 2 aliphatic rings. The third-order valence-corrected chi connectivity index (χ3v) is 6.23. The van der Waals surface area contributed by atoms with Gasteiger partial charge in [0.2, 0.25) is 5.91 Å². The van der Waals surface area contributed by atoms with Crippen molar-refractivity contribution in [2.75, 3.05) is 24.5 Å². The van der Waals surface area contributed by atoms with Crippen molar-refractivity contribution in [2.45, 2.75) is 19.3 Å². The van der Waals surface area contributed by atoms with Gasteiger partial charge in [0.05, 0.1) is 29.0 Å². The summed E-state index contributed by atoms with van der Waals surface area (Å²) in [6.07, 6.45) is 3.47. The van der Waals surface area contributed by atoms with E-state index in [9.17, 15) is 14.4 Å². The predicted octanol–water partition coefficient (Wildman–Crippen LogP) is 1.28. The summed E-state index contributed by atoms with van der Waals surface area (Å²) in [5.41, 5.74) is 2.85. The van der Waals surface area contributed by atoms with Crippen LogP contribution in [0.4, 0.5) is 5.69 Å². The van der Waals surface area contributed by atoms with Gasteiger partial charge in [0.25, 0.3) is 11.5 Å². The van der Waals surface area contributed by atoms with E-state index in [0.717, 1.165) is 22.2 Å². The number of hydrogen-bond donors (Lipinski definition) is 1. The quantitative estimate of drug-likeness (QED) is 0.646. The topological polar surface area (TPSA) is 104 Å². The number of rotatable bonds is 3. The summed E-state index contributed by atoms with van der Waals surface area (Å²) < 4.78 is 1.45. The lowest BCUT2D eigenvalue weighted by molar-refractivity contribution is -0.130. The minimum Gasteiger partial charge on any atom is -0.338 e. The van der Waals surface area contributed by atoms with Crippen LogP contribution in [0.25, 0.3) is 10.9 Å². The number of H-pyrrole nitrogens is 1. The van der Waals surface area contributed by atoms with Crippen LogP contribution in [0.1, 0.15) is 33.4 Å². The van der Waals surface area contributed by atoms with Crippen LogP contribution in [0.5, 0.6) is 0 Å². The van der Waals surface area contributed by atoms with Gasteiger partial charge >= 0.3 is 0 Å². The predicted molar refractivity (Wildman–Crippen MR) is 115 cm³/mol. The molecule has 9 heteroatoms. The highest BCUT2D eigenvalue weighted by atomic mass is 16.2. The molecule has 0 spiro atoms. The van der Waals surface area contributed by atoms with E-state index in [1.54, 1.807) is 23.0 Å². The molecular weight excluding hydrogens is 396 g/mol. The monoisotopic (exact) mass is 418 g/mol. The van der Waals surface area contributed by atoms with Gasteiger partial charge in [0.1, 0.15) is 11.4 Å². The SMILES string of the molecule is C=CC(=O)N1CC(c2nc3c(c(=O)n2C)C(=O)N(c2c(C)ccc4[nH]ncc24)CC3)C1. The number of carbonyl (C=O) groups is 2. The third-order valence-electron chi connectivity index (χ3n) is 6.23. The Bertz CT molecular complexity index is 1310. The van der Waals surface area contributed by atoms with Crippen LogP contribution in [0.2, 0.25) is 0 Å². The van der Waals surface area contributed by atoms with Crippen LogP contribution in [-0.4, -0.2) is 56.1 Å². The molecule has 3 aromatic rings. The lowest BCUT2D eigenvalue weighted by atomic mass is 9.97. The van der Waals surface area contributed by atoms with E-state index in [2.05, 4.69) is 16.8 Å². The Balaban J connectivity index is 1.52. The van der Waals surface area contributed by atoms with E-state index >= 15 is 0 Å². The first-order valence-corrected chi connectivity index (χ1v) is 10.2. The summed E-state index contributed by atoms with van der Waals surface area (Å²) >= 11 is 0. The maximum atomic E-state index is 13.4. The van der Waals surface area contributed by atoms with Crippen molar-refractivity contribution < 1.29 is 9.59 Å². The number of fused-ring (bicyclic) bond motifs is 2. The van der Waals surface area contributed by atoms with Crippen molar-refractivity contribution >= 4 is 28.4 Å². The molecule has 1 fully saturated rings. The number of likely N-dealkylation sites (tertiary alicyclic amines) is 1. The molecule has 4 heterocycles. The van der Waals surface area contributed by atoms with Gasteiger partial charge in [-0.05, 0) is 24.6 Å². The van der Waals surface area contributed by atoms with Crippen LogP contribution in [0.3, 0.4) is 0 Å². The Hall–Kier alpha value is -3.75. The molecule has 2 aliphatic heterocycles. The lowest BCUT2D eigenvalue weighted by Gasteiger charge is -2.39. The number of aromatic nitrogens is 4. The number of aromatic amines is 1. The standard InChI is InChI=1S/C22H22N6O3/c1-4-17(29)27-10-13(11-27)20-24-16-7-8-28(22(31)18(16)21(30)26(20)3)19-12(2)5-6-15-14(19)9-23-25-15/h4-6,9,13H,1,7-8,10-11H2,2-3H3,(H,23,25). The fourth-order valence-electron chi connectivity index (χ4n) is 4.51. The highest BCUT2D eigenvalue weighted by Crippen LogP contribution is 2.33. The summed E-state index contributed by atoms with van der Waals surface area (Å²) in [4.78, 5) is 46.4. The molecular formula is C22H22N6O3. The summed E-state index contributed by atoms with van der Waals surface area (Å²) in [7, 11) is 1.64. The van der Waals surface area contributed by atoms with Crippen molar-refractivity contribution in [3.05, 3.63) is 64.0 Å². The largest absolute Gasteiger partial charge is 0.338 e. The molecule has 5 rings (SSSR count). The van der Waals surface area contributed by atoms with Crippen LogP contribution in [0.15, 0.2) is 35.8 Å². The molecule has 2 amide bonds. The van der Waals surface area contributed by atoms with Gasteiger partial charge < -0.3 is 9.80 Å². The number of benzene rings is 1. The van der Waals surface area contributed by atoms with Gasteiger partial charge in [-0.2, -0.15) is 5.10 Å². The van der Waals surface area contributed by atoms with Crippen LogP contribution in [0, 0.1) is 6.92 Å². The smallest absolute Gasteiger partial charge is 0.266 e. The number of carbonyl (C=O) groups excluding carboxylic acids is 2. The summed E-state index contributed by atoms with van der Waals surface area (Å²) in [6.45, 7) is 6.86. The Morgan fingerprint density at radius 1 is 1.29 bits per heavy atom. The van der Waals surface area contributed by atoms with Crippen molar-refractivity contribution in [3.63, 3.8) is 0 Å². The van der Waals surface area contributed by atoms with Crippen LogP contribution >= 0.6 is 0 Å². The van der Waals surface area contributed by atoms with Gasteiger partial charge in [-0.15, -0.1) is 0 Å². The molecule has 0 unspecified atom stereocenters. The second-order valence-electron chi connectivity index (χ2n) is 8.07. The average molecular weight is 418 g/mol. The highest BCUT2D eigenvalue weighted by molar-refractivity contribution is 6.12. The van der Waals surface area contributed by atoms with Crippen molar-refractivity contribution in [1.29, 1.82) is 0 Å². The fraction of sp³-hybridized carbons (Fsp3) is 0.318. The number of anilines is 1. The summed E-state index contributed by atoms with van der Waals surface area (Å²) in [5.74, 6) is 0.122. The minimum absolute atomic E-state index is 0.0260. The number of hydrogen-bond acceptors (Lipinski definition) is 5. The minimum atomic E-state index is -0.347. The molecule has 1 aromatic carbocycles. The van der Waals surface area contributed by atoms with E-state index in [0.29, 0.717) is 37.6 Å². The third kappa shape index (κ3) is 2.80. The lowest BCUT2D eigenvalue weighted by Crippen LogP contribution is -2.51. The average Bonchev–Trinajstić information content (AvgIpc) is 3.19. The van der Waals surface area contributed by atoms with E-state index in [-0.39, 0.29) is 28.9 Å². The maximum absolute atomic E-state index is 13.4. The molecule has 0 bridgehead atoms. The molecule has 1 saturated heterocycles. The first-order valence-electron chi connectivity index (χ1n) is 10.2. The Kier molecular flexibility index (Phi) is 4.28. The van der Waals surface area contributed by atoms with Gasteiger partial charge in [0, 0.05) is 38.5 Å². The normalized spacial score (nSPS) is 16.4. The van der Waals surface area contributed by atoms with E-state index in [1.165, 1.54) is 10.6 Å². The second-order valence-corrected chi connectivity index (χ2v) is 8.07. The maximum Gasteiger partial charge on any atom is 0.266 e. The fourth-order valence-corrected chi connectivity index (χ4v) is 4.51. The Morgan fingerprint density at radius 3 is 2.81 bits per heavy atom. The number of amides is 2. The van der Waals surface area contributed by atoms with E-state index in [1.807, 2.05) is 19.1 Å². The summed E-state index contributed by atoms with van der Waals surface area (Å²) in [5, 5.41) is 7.87. The molecule has 0 atom stereocenters. The first kappa shape index (κ1) is 19.2. The highest BCUT2D eigenvalue weighted by Gasteiger charge is 2.37. The number of aryl methyl sites for hydroxylation is 1. The van der Waals surface area contributed by atoms with E-state index in [4.69, 9.17) is 4.98 Å². The van der Waals surface area contributed by atoms with Gasteiger partial charge in [-0.25, -0.2) is 4.98 Å². The molecule has 9 nitrogen and oxygen atoms in total. The van der Waals surface area contributed by atoms with Crippen molar-refractivity contribution in [3.8, 4) is 0 Å². The van der Waals surface area contributed by atoms with Gasteiger partial charge in [0.15, 0.2) is 0 Å².